The van der Waals surface area contributed by atoms with Gasteiger partial charge >= 0.3 is 6.03 Å². The number of thioether (sulfide) groups is 1. The highest BCUT2D eigenvalue weighted by atomic mass is 32.2. The van der Waals surface area contributed by atoms with Crippen molar-refractivity contribution in [3.8, 4) is 5.75 Å². The zero-order valence-electron chi connectivity index (χ0n) is 14.6. The number of carbonyl (C=O) groups is 1. The topological polar surface area (TPSA) is 61.8 Å². The van der Waals surface area contributed by atoms with Gasteiger partial charge in [0.2, 0.25) is 0 Å². The number of hydrogen-bond donors (Lipinski definition) is 2. The van der Waals surface area contributed by atoms with Gasteiger partial charge in [0, 0.05) is 23.6 Å². The van der Waals surface area contributed by atoms with Crippen LogP contribution in [0.15, 0.2) is 53.4 Å². The van der Waals surface area contributed by atoms with Crippen molar-refractivity contribution in [3.05, 3.63) is 54.1 Å². The maximum absolute atomic E-state index is 12.8. The molecule has 0 aliphatic heterocycles. The second kappa shape index (κ2) is 9.96. The van der Waals surface area contributed by atoms with Gasteiger partial charge in [-0.15, -0.1) is 11.8 Å². The first-order valence-corrected chi connectivity index (χ1v) is 9.33. The summed E-state index contributed by atoms with van der Waals surface area (Å²) in [6.07, 6.45) is 2.50. The number of rotatable bonds is 8. The quantitative estimate of drug-likeness (QED) is 0.702. The van der Waals surface area contributed by atoms with E-state index in [0.29, 0.717) is 19.5 Å². The van der Waals surface area contributed by atoms with Gasteiger partial charge in [0.15, 0.2) is 0 Å². The van der Waals surface area contributed by atoms with E-state index in [0.717, 1.165) is 21.9 Å². The first-order chi connectivity index (χ1) is 12.2. The van der Waals surface area contributed by atoms with E-state index in [-0.39, 0.29) is 12.6 Å². The van der Waals surface area contributed by atoms with Crippen molar-refractivity contribution in [1.29, 1.82) is 0 Å². The van der Waals surface area contributed by atoms with Crippen LogP contribution in [0.3, 0.4) is 0 Å². The number of anilines is 1. The number of methoxy groups -OCH3 is 1. The Morgan fingerprint density at radius 3 is 2.64 bits per heavy atom. The van der Waals surface area contributed by atoms with E-state index in [1.165, 1.54) is 0 Å². The smallest absolute Gasteiger partial charge is 0.322 e. The number of amides is 2. The molecule has 134 valence electrons. The Morgan fingerprint density at radius 2 is 1.92 bits per heavy atom. The molecule has 2 aromatic carbocycles. The van der Waals surface area contributed by atoms with Crippen LogP contribution in [0, 0.1) is 0 Å². The summed E-state index contributed by atoms with van der Waals surface area (Å²) >= 11 is 1.58. The monoisotopic (exact) mass is 360 g/mol. The molecule has 0 aromatic heterocycles. The molecule has 2 rings (SSSR count). The van der Waals surface area contributed by atoms with E-state index >= 15 is 0 Å². The molecule has 25 heavy (non-hydrogen) atoms. The SMILES string of the molecule is COc1ccccc1CN(CCCO)C(=O)Nc1ccccc1SC. The minimum Gasteiger partial charge on any atom is -0.496 e. The number of benzene rings is 2. The Hall–Kier alpha value is -2.18. The van der Waals surface area contributed by atoms with Crippen molar-refractivity contribution in [2.75, 3.05) is 31.8 Å². The summed E-state index contributed by atoms with van der Waals surface area (Å²) in [6.45, 7) is 0.913. The van der Waals surface area contributed by atoms with Gasteiger partial charge in [0.1, 0.15) is 5.75 Å². The molecule has 0 spiro atoms. The van der Waals surface area contributed by atoms with Crippen LogP contribution in [-0.2, 0) is 6.54 Å². The molecule has 0 fully saturated rings. The molecular weight excluding hydrogens is 336 g/mol. The Kier molecular flexibility index (Phi) is 7.63. The summed E-state index contributed by atoms with van der Waals surface area (Å²) in [7, 11) is 1.62. The zero-order chi connectivity index (χ0) is 18.1. The predicted molar refractivity (Wildman–Crippen MR) is 102 cm³/mol. The fourth-order valence-corrected chi connectivity index (χ4v) is 3.05. The summed E-state index contributed by atoms with van der Waals surface area (Å²) < 4.78 is 5.37. The van der Waals surface area contributed by atoms with Crippen molar-refractivity contribution < 1.29 is 14.6 Å². The van der Waals surface area contributed by atoms with Gasteiger partial charge in [-0.05, 0) is 30.9 Å². The van der Waals surface area contributed by atoms with Crippen LogP contribution >= 0.6 is 11.8 Å². The Bertz CT molecular complexity index is 694. The summed E-state index contributed by atoms with van der Waals surface area (Å²) in [5, 5.41) is 12.1. The Labute approximate surface area is 153 Å². The van der Waals surface area contributed by atoms with Gasteiger partial charge in [0.25, 0.3) is 0 Å². The molecule has 0 aliphatic rings. The second-order valence-corrected chi connectivity index (χ2v) is 6.29. The number of aliphatic hydroxyl groups excluding tert-OH is 1. The molecule has 0 aliphatic carbocycles. The van der Waals surface area contributed by atoms with Crippen LogP contribution in [0.4, 0.5) is 10.5 Å². The Morgan fingerprint density at radius 1 is 1.20 bits per heavy atom. The minimum atomic E-state index is -0.194. The molecule has 0 atom stereocenters. The number of para-hydroxylation sites is 2. The molecule has 0 unspecified atom stereocenters. The predicted octanol–water partition coefficient (Wildman–Crippen LogP) is 3.83. The molecular formula is C19H24N2O3S. The number of carbonyl (C=O) groups excluding carboxylic acids is 1. The standard InChI is InChI=1S/C19H24N2O3S/c1-24-17-10-5-3-8-15(17)14-21(12-7-13-22)19(23)20-16-9-4-6-11-18(16)25-2/h3-6,8-11,22H,7,12-14H2,1-2H3,(H,20,23). The van der Waals surface area contributed by atoms with Crippen LogP contribution in [0.5, 0.6) is 5.75 Å². The third-order valence-corrected chi connectivity index (χ3v) is 4.57. The van der Waals surface area contributed by atoms with Crippen molar-refractivity contribution in [2.24, 2.45) is 0 Å². The number of hydrogen-bond acceptors (Lipinski definition) is 4. The van der Waals surface area contributed by atoms with Gasteiger partial charge in [-0.2, -0.15) is 0 Å². The van der Waals surface area contributed by atoms with Gasteiger partial charge in [-0.1, -0.05) is 30.3 Å². The molecule has 2 aromatic rings. The number of nitrogens with zero attached hydrogens (tertiary/aromatic N) is 1. The van der Waals surface area contributed by atoms with Crippen molar-refractivity contribution in [1.82, 2.24) is 4.90 Å². The molecule has 0 radical (unpaired) electrons. The third kappa shape index (κ3) is 5.41. The lowest BCUT2D eigenvalue weighted by Gasteiger charge is -2.24. The fraction of sp³-hybridized carbons (Fsp3) is 0.316. The molecule has 0 heterocycles. The summed E-state index contributed by atoms with van der Waals surface area (Å²) in [6, 6.07) is 15.1. The van der Waals surface area contributed by atoms with E-state index in [1.54, 1.807) is 23.8 Å². The van der Waals surface area contributed by atoms with Crippen LogP contribution < -0.4 is 10.1 Å². The van der Waals surface area contributed by atoms with Gasteiger partial charge in [0.05, 0.1) is 19.3 Å². The minimum absolute atomic E-state index is 0.0388. The number of aliphatic hydroxyl groups is 1. The first-order valence-electron chi connectivity index (χ1n) is 8.11. The average molecular weight is 360 g/mol. The molecule has 0 saturated carbocycles. The number of nitrogens with one attached hydrogen (secondary N) is 1. The highest BCUT2D eigenvalue weighted by Gasteiger charge is 2.17. The highest BCUT2D eigenvalue weighted by molar-refractivity contribution is 7.98. The maximum Gasteiger partial charge on any atom is 0.322 e. The molecule has 5 nitrogen and oxygen atoms in total. The lowest BCUT2D eigenvalue weighted by Crippen LogP contribution is -2.35. The lowest BCUT2D eigenvalue weighted by atomic mass is 10.2. The first kappa shape index (κ1) is 19.1. The van der Waals surface area contributed by atoms with E-state index in [2.05, 4.69) is 5.32 Å². The summed E-state index contributed by atoms with van der Waals surface area (Å²) in [4.78, 5) is 15.5. The molecule has 0 bridgehead atoms. The highest BCUT2D eigenvalue weighted by Crippen LogP contribution is 2.25. The average Bonchev–Trinajstić information content (AvgIpc) is 2.65. The van der Waals surface area contributed by atoms with Gasteiger partial charge in [-0.25, -0.2) is 4.79 Å². The Balaban J connectivity index is 2.16. The third-order valence-electron chi connectivity index (χ3n) is 3.78. The normalized spacial score (nSPS) is 10.4. The van der Waals surface area contributed by atoms with E-state index in [1.807, 2.05) is 54.8 Å². The molecule has 2 amide bonds. The molecule has 0 saturated heterocycles. The van der Waals surface area contributed by atoms with Crippen molar-refractivity contribution in [3.63, 3.8) is 0 Å². The zero-order valence-corrected chi connectivity index (χ0v) is 15.4. The number of ether oxygens (including phenoxy) is 1. The van der Waals surface area contributed by atoms with E-state index in [9.17, 15) is 4.79 Å². The van der Waals surface area contributed by atoms with Gasteiger partial charge < -0.3 is 20.1 Å². The summed E-state index contributed by atoms with van der Waals surface area (Å²) in [5.74, 6) is 0.744. The van der Waals surface area contributed by atoms with Crippen LogP contribution in [-0.4, -0.2) is 42.6 Å². The largest absolute Gasteiger partial charge is 0.496 e. The van der Waals surface area contributed by atoms with Gasteiger partial charge in [-0.3, -0.25) is 0 Å². The van der Waals surface area contributed by atoms with Crippen LogP contribution in [0.2, 0.25) is 0 Å². The fourth-order valence-electron chi connectivity index (χ4n) is 2.50. The lowest BCUT2D eigenvalue weighted by molar-refractivity contribution is 0.198. The van der Waals surface area contributed by atoms with E-state index < -0.39 is 0 Å². The van der Waals surface area contributed by atoms with E-state index in [4.69, 9.17) is 9.84 Å². The summed E-state index contributed by atoms with van der Waals surface area (Å²) in [5.41, 5.74) is 1.71. The van der Waals surface area contributed by atoms with Crippen molar-refractivity contribution in [2.45, 2.75) is 17.9 Å². The molecule has 2 N–H and O–H groups in total. The van der Waals surface area contributed by atoms with Crippen molar-refractivity contribution >= 4 is 23.5 Å². The second-order valence-electron chi connectivity index (χ2n) is 5.44. The van der Waals surface area contributed by atoms with Crippen LogP contribution in [0.25, 0.3) is 0 Å². The number of urea groups is 1. The molecule has 6 heteroatoms. The maximum atomic E-state index is 12.8. The van der Waals surface area contributed by atoms with Crippen LogP contribution in [0.1, 0.15) is 12.0 Å².